The molecule has 0 spiro atoms. The van der Waals surface area contributed by atoms with Gasteiger partial charge < -0.3 is 10.2 Å². The topological polar surface area (TPSA) is 86.8 Å². The van der Waals surface area contributed by atoms with Crippen molar-refractivity contribution in [1.29, 1.82) is 0 Å². The van der Waals surface area contributed by atoms with Crippen molar-refractivity contribution in [2.75, 3.05) is 10.8 Å². The third kappa shape index (κ3) is 7.83. The van der Waals surface area contributed by atoms with Gasteiger partial charge in [0.15, 0.2) is 0 Å². The number of halogens is 1. The van der Waals surface area contributed by atoms with Gasteiger partial charge in [0.25, 0.3) is 10.0 Å². The maximum absolute atomic E-state index is 13.9. The molecule has 3 aromatic carbocycles. The summed E-state index contributed by atoms with van der Waals surface area (Å²) < 4.78 is 28.7. The van der Waals surface area contributed by atoms with Crippen LogP contribution in [0.1, 0.15) is 43.9 Å². The molecule has 0 aromatic heterocycles. The zero-order chi connectivity index (χ0) is 28.7. The normalized spacial score (nSPS) is 12.9. The van der Waals surface area contributed by atoms with E-state index in [-0.39, 0.29) is 29.1 Å². The molecule has 39 heavy (non-hydrogen) atoms. The molecule has 0 aliphatic rings. The maximum Gasteiger partial charge on any atom is 0.264 e. The zero-order valence-electron chi connectivity index (χ0n) is 23.0. The predicted molar refractivity (Wildman–Crippen MR) is 156 cm³/mol. The number of rotatable bonds is 11. The number of nitrogens with one attached hydrogen (secondary N) is 1. The Morgan fingerprint density at radius 1 is 0.923 bits per heavy atom. The molecule has 0 saturated heterocycles. The van der Waals surface area contributed by atoms with Gasteiger partial charge in [-0.25, -0.2) is 8.42 Å². The van der Waals surface area contributed by atoms with Crippen LogP contribution in [0.4, 0.5) is 5.69 Å². The predicted octanol–water partition coefficient (Wildman–Crippen LogP) is 5.48. The quantitative estimate of drug-likeness (QED) is 0.331. The van der Waals surface area contributed by atoms with Gasteiger partial charge in [-0.05, 0) is 70.0 Å². The fraction of sp³-hybridized carbons (Fsp3) is 0.333. The molecule has 0 aliphatic carbocycles. The van der Waals surface area contributed by atoms with Crippen molar-refractivity contribution < 1.29 is 18.0 Å². The molecule has 0 heterocycles. The minimum atomic E-state index is -4.14. The summed E-state index contributed by atoms with van der Waals surface area (Å²) in [6.45, 7) is 8.97. The maximum atomic E-state index is 13.9. The second kappa shape index (κ2) is 13.1. The van der Waals surface area contributed by atoms with Crippen molar-refractivity contribution in [3.8, 4) is 0 Å². The second-order valence-corrected chi connectivity index (χ2v) is 12.1. The summed E-state index contributed by atoms with van der Waals surface area (Å²) in [6, 6.07) is 19.5. The van der Waals surface area contributed by atoms with Crippen LogP contribution >= 0.6 is 11.6 Å². The molecule has 1 N–H and O–H groups in total. The summed E-state index contributed by atoms with van der Waals surface area (Å²) >= 11 is 6.21. The number of hydrogen-bond acceptors (Lipinski definition) is 4. The fourth-order valence-electron chi connectivity index (χ4n) is 3.94. The van der Waals surface area contributed by atoms with E-state index in [1.54, 1.807) is 37.3 Å². The van der Waals surface area contributed by atoms with Crippen LogP contribution in [0.5, 0.6) is 0 Å². The Labute approximate surface area is 236 Å². The van der Waals surface area contributed by atoms with Crippen LogP contribution in [0.3, 0.4) is 0 Å². The molecule has 3 aromatic rings. The van der Waals surface area contributed by atoms with Gasteiger partial charge in [-0.3, -0.25) is 13.9 Å². The fourth-order valence-corrected chi connectivity index (χ4v) is 5.53. The highest BCUT2D eigenvalue weighted by Gasteiger charge is 2.32. The third-order valence-electron chi connectivity index (χ3n) is 6.63. The lowest BCUT2D eigenvalue weighted by molar-refractivity contribution is -0.139. The zero-order valence-corrected chi connectivity index (χ0v) is 24.6. The Bertz CT molecular complexity index is 1390. The van der Waals surface area contributed by atoms with E-state index in [1.165, 1.54) is 23.1 Å². The molecule has 208 valence electrons. The number of amides is 2. The average Bonchev–Trinajstić information content (AvgIpc) is 2.90. The molecule has 0 saturated carbocycles. The standard InChI is InChI=1S/C30H36ClN3O4S/c1-6-23(4)32-30(36)24(5)33(19-25-14-10-21(2)11-15-25)29(35)20-34(27-9-7-8-26(31)18-27)39(37,38)28-16-12-22(3)13-17-28/h7-18,23-24H,6,19-20H2,1-5H3,(H,32,36)/t23-,24+/m0/s1. The van der Waals surface area contributed by atoms with Gasteiger partial charge in [-0.2, -0.15) is 0 Å². The van der Waals surface area contributed by atoms with Crippen LogP contribution < -0.4 is 9.62 Å². The number of nitrogens with zero attached hydrogens (tertiary/aromatic N) is 2. The highest BCUT2D eigenvalue weighted by atomic mass is 35.5. The van der Waals surface area contributed by atoms with Gasteiger partial charge in [0.1, 0.15) is 12.6 Å². The summed E-state index contributed by atoms with van der Waals surface area (Å²) in [7, 11) is -4.14. The molecule has 0 bridgehead atoms. The van der Waals surface area contributed by atoms with Gasteiger partial charge in [-0.1, -0.05) is 72.1 Å². The number of sulfonamides is 1. The van der Waals surface area contributed by atoms with Crippen molar-refractivity contribution in [1.82, 2.24) is 10.2 Å². The summed E-state index contributed by atoms with van der Waals surface area (Å²) in [5.41, 5.74) is 3.05. The smallest absolute Gasteiger partial charge is 0.264 e. The molecule has 0 unspecified atom stereocenters. The highest BCUT2D eigenvalue weighted by Crippen LogP contribution is 2.27. The molecule has 9 heteroatoms. The molecule has 0 aliphatic heterocycles. The van der Waals surface area contributed by atoms with E-state index in [1.807, 2.05) is 52.0 Å². The number of carbonyl (C=O) groups excluding carboxylic acids is 2. The lowest BCUT2D eigenvalue weighted by Crippen LogP contribution is -2.52. The molecule has 2 amide bonds. The lowest BCUT2D eigenvalue weighted by Gasteiger charge is -2.32. The summed E-state index contributed by atoms with van der Waals surface area (Å²) in [5, 5.41) is 3.27. The first-order valence-electron chi connectivity index (χ1n) is 12.9. The minimum absolute atomic E-state index is 0.0496. The van der Waals surface area contributed by atoms with Crippen LogP contribution in [0.2, 0.25) is 5.02 Å². The molecular formula is C30H36ClN3O4S. The first-order valence-corrected chi connectivity index (χ1v) is 14.7. The minimum Gasteiger partial charge on any atom is -0.352 e. The van der Waals surface area contributed by atoms with Gasteiger partial charge in [0.2, 0.25) is 11.8 Å². The van der Waals surface area contributed by atoms with E-state index < -0.39 is 28.5 Å². The monoisotopic (exact) mass is 569 g/mol. The van der Waals surface area contributed by atoms with Crippen LogP contribution in [0.15, 0.2) is 77.7 Å². The second-order valence-electron chi connectivity index (χ2n) is 9.81. The van der Waals surface area contributed by atoms with Crippen LogP contribution in [0, 0.1) is 13.8 Å². The Morgan fingerprint density at radius 3 is 2.08 bits per heavy atom. The Hall–Kier alpha value is -3.36. The van der Waals surface area contributed by atoms with E-state index in [0.29, 0.717) is 5.02 Å². The molecule has 7 nitrogen and oxygen atoms in total. The molecular weight excluding hydrogens is 534 g/mol. The largest absolute Gasteiger partial charge is 0.352 e. The van der Waals surface area contributed by atoms with E-state index in [0.717, 1.165) is 27.4 Å². The van der Waals surface area contributed by atoms with Crippen LogP contribution in [0.25, 0.3) is 0 Å². The van der Waals surface area contributed by atoms with Crippen molar-refractivity contribution in [2.45, 2.75) is 64.6 Å². The van der Waals surface area contributed by atoms with Crippen molar-refractivity contribution >= 4 is 39.1 Å². The third-order valence-corrected chi connectivity index (χ3v) is 8.65. The molecule has 2 atom stereocenters. The summed E-state index contributed by atoms with van der Waals surface area (Å²) in [4.78, 5) is 28.5. The van der Waals surface area contributed by atoms with E-state index in [4.69, 9.17) is 11.6 Å². The SMILES string of the molecule is CC[C@H](C)NC(=O)[C@@H](C)N(Cc1ccc(C)cc1)C(=O)CN(c1cccc(Cl)c1)S(=O)(=O)c1ccc(C)cc1. The Morgan fingerprint density at radius 2 is 1.51 bits per heavy atom. The lowest BCUT2D eigenvalue weighted by atomic mass is 10.1. The van der Waals surface area contributed by atoms with Gasteiger partial charge in [0, 0.05) is 17.6 Å². The molecule has 0 fully saturated rings. The van der Waals surface area contributed by atoms with Gasteiger partial charge in [-0.15, -0.1) is 0 Å². The first kappa shape index (κ1) is 30.2. The van der Waals surface area contributed by atoms with Crippen molar-refractivity contribution in [2.24, 2.45) is 0 Å². The van der Waals surface area contributed by atoms with Crippen molar-refractivity contribution in [3.63, 3.8) is 0 Å². The summed E-state index contributed by atoms with van der Waals surface area (Å²) in [5.74, 6) is -0.821. The molecule has 0 radical (unpaired) electrons. The van der Waals surface area contributed by atoms with E-state index >= 15 is 0 Å². The Balaban J connectivity index is 2.02. The van der Waals surface area contributed by atoms with E-state index in [2.05, 4.69) is 5.32 Å². The van der Waals surface area contributed by atoms with Gasteiger partial charge >= 0.3 is 0 Å². The summed E-state index contributed by atoms with van der Waals surface area (Å²) in [6.07, 6.45) is 0.738. The number of carbonyl (C=O) groups is 2. The van der Waals surface area contributed by atoms with Gasteiger partial charge in [0.05, 0.1) is 10.6 Å². The number of anilines is 1. The first-order chi connectivity index (χ1) is 18.4. The average molecular weight is 570 g/mol. The number of aryl methyl sites for hydroxylation is 2. The van der Waals surface area contributed by atoms with Crippen LogP contribution in [-0.4, -0.2) is 43.8 Å². The van der Waals surface area contributed by atoms with E-state index in [9.17, 15) is 18.0 Å². The van der Waals surface area contributed by atoms with Crippen molar-refractivity contribution in [3.05, 3.63) is 94.5 Å². The Kier molecular flexibility index (Phi) is 10.2. The van der Waals surface area contributed by atoms with Crippen LogP contribution in [-0.2, 0) is 26.2 Å². The molecule has 3 rings (SSSR count). The number of benzene rings is 3. The highest BCUT2D eigenvalue weighted by molar-refractivity contribution is 7.92. The number of hydrogen-bond donors (Lipinski definition) is 1.